The van der Waals surface area contributed by atoms with Gasteiger partial charge in [0.05, 0.1) is 0 Å². The summed E-state index contributed by atoms with van der Waals surface area (Å²) in [7, 11) is 1.94. The molecule has 74 valence electrons. The zero-order chi connectivity index (χ0) is 10.1. The van der Waals surface area contributed by atoms with Crippen molar-refractivity contribution in [3.8, 4) is 0 Å². The lowest BCUT2D eigenvalue weighted by Gasteiger charge is -2.09. The van der Waals surface area contributed by atoms with Crippen LogP contribution in [0.25, 0.3) is 11.1 Å². The highest BCUT2D eigenvalue weighted by Crippen LogP contribution is 2.22. The highest BCUT2D eigenvalue weighted by Gasteiger charge is 2.08. The van der Waals surface area contributed by atoms with Gasteiger partial charge in [-0.2, -0.15) is 4.98 Å². The van der Waals surface area contributed by atoms with Crippen LogP contribution in [0.1, 0.15) is 6.92 Å². The molecule has 4 heteroatoms. The molecule has 0 saturated heterocycles. The van der Waals surface area contributed by atoms with Crippen molar-refractivity contribution in [1.82, 2.24) is 4.98 Å². The first-order valence-corrected chi connectivity index (χ1v) is 4.58. The molecule has 1 aromatic heterocycles. The van der Waals surface area contributed by atoms with E-state index >= 15 is 0 Å². The fourth-order valence-corrected chi connectivity index (χ4v) is 1.23. The van der Waals surface area contributed by atoms with Crippen molar-refractivity contribution < 1.29 is 4.42 Å². The molecule has 0 amide bonds. The molecule has 14 heavy (non-hydrogen) atoms. The summed E-state index contributed by atoms with van der Waals surface area (Å²) in [5.41, 5.74) is 7.93. The minimum atomic E-state index is 0.633. The van der Waals surface area contributed by atoms with Gasteiger partial charge in [-0.15, -0.1) is 0 Å². The zero-order valence-corrected chi connectivity index (χ0v) is 8.32. The number of benzene rings is 1. The van der Waals surface area contributed by atoms with E-state index in [1.54, 1.807) is 0 Å². The standard InChI is InChI=1S/C10H13N3O/c1-3-13(2)10-12-8-6-7(11)4-5-9(8)14-10/h4-6H,3,11H2,1-2H3. The smallest absolute Gasteiger partial charge is 0.298 e. The number of rotatable bonds is 2. The fraction of sp³-hybridized carbons (Fsp3) is 0.300. The second-order valence-corrected chi connectivity index (χ2v) is 3.24. The number of hydrogen-bond acceptors (Lipinski definition) is 4. The van der Waals surface area contributed by atoms with E-state index in [2.05, 4.69) is 4.98 Å². The molecule has 0 aliphatic rings. The van der Waals surface area contributed by atoms with E-state index in [1.807, 2.05) is 37.1 Å². The molecule has 0 aliphatic heterocycles. The Kier molecular flexibility index (Phi) is 2.04. The Bertz CT molecular complexity index is 450. The van der Waals surface area contributed by atoms with Crippen LogP contribution in [0.2, 0.25) is 0 Å². The number of fused-ring (bicyclic) bond motifs is 1. The van der Waals surface area contributed by atoms with Crippen LogP contribution in [0, 0.1) is 0 Å². The number of nitrogens with zero attached hydrogens (tertiary/aromatic N) is 2. The lowest BCUT2D eigenvalue weighted by atomic mass is 10.3. The van der Waals surface area contributed by atoms with Gasteiger partial charge in [0.25, 0.3) is 6.01 Å². The molecule has 0 saturated carbocycles. The maximum absolute atomic E-state index is 5.65. The Morgan fingerprint density at radius 2 is 2.29 bits per heavy atom. The molecule has 2 rings (SSSR count). The Hall–Kier alpha value is -1.71. The van der Waals surface area contributed by atoms with Crippen molar-refractivity contribution >= 4 is 22.8 Å². The largest absolute Gasteiger partial charge is 0.423 e. The lowest BCUT2D eigenvalue weighted by Crippen LogP contribution is -2.15. The first kappa shape index (κ1) is 8.87. The molecule has 1 heterocycles. The van der Waals surface area contributed by atoms with E-state index in [-0.39, 0.29) is 0 Å². The fourth-order valence-electron chi connectivity index (χ4n) is 1.23. The Morgan fingerprint density at radius 3 is 3.00 bits per heavy atom. The van der Waals surface area contributed by atoms with Crippen LogP contribution in [0.5, 0.6) is 0 Å². The third-order valence-electron chi connectivity index (χ3n) is 2.20. The van der Waals surface area contributed by atoms with Crippen LogP contribution in [0.3, 0.4) is 0 Å². The second-order valence-electron chi connectivity index (χ2n) is 3.24. The number of hydrogen-bond donors (Lipinski definition) is 1. The van der Waals surface area contributed by atoms with Crippen molar-refractivity contribution in [2.45, 2.75) is 6.92 Å². The first-order valence-electron chi connectivity index (χ1n) is 4.58. The molecule has 0 fully saturated rings. The number of anilines is 2. The average Bonchev–Trinajstić information content (AvgIpc) is 2.59. The maximum Gasteiger partial charge on any atom is 0.298 e. The predicted molar refractivity (Wildman–Crippen MR) is 57.4 cm³/mol. The zero-order valence-electron chi connectivity index (χ0n) is 8.32. The van der Waals surface area contributed by atoms with Gasteiger partial charge in [0.1, 0.15) is 5.52 Å². The Morgan fingerprint density at radius 1 is 1.50 bits per heavy atom. The van der Waals surface area contributed by atoms with Gasteiger partial charge in [0.15, 0.2) is 5.58 Å². The van der Waals surface area contributed by atoms with Crippen LogP contribution >= 0.6 is 0 Å². The van der Waals surface area contributed by atoms with Gasteiger partial charge in [-0.25, -0.2) is 0 Å². The van der Waals surface area contributed by atoms with Crippen molar-refractivity contribution in [3.05, 3.63) is 18.2 Å². The van der Waals surface area contributed by atoms with E-state index in [1.165, 1.54) is 0 Å². The monoisotopic (exact) mass is 191 g/mol. The minimum Gasteiger partial charge on any atom is -0.423 e. The van der Waals surface area contributed by atoms with Gasteiger partial charge < -0.3 is 15.1 Å². The van der Waals surface area contributed by atoms with Crippen LogP contribution in [0.4, 0.5) is 11.7 Å². The highest BCUT2D eigenvalue weighted by molar-refractivity contribution is 5.78. The van der Waals surface area contributed by atoms with Gasteiger partial charge in [-0.3, -0.25) is 0 Å². The summed E-state index contributed by atoms with van der Waals surface area (Å²) in [6.07, 6.45) is 0. The molecular weight excluding hydrogens is 178 g/mol. The highest BCUT2D eigenvalue weighted by atomic mass is 16.4. The summed E-state index contributed by atoms with van der Waals surface area (Å²) < 4.78 is 5.53. The third-order valence-corrected chi connectivity index (χ3v) is 2.20. The summed E-state index contributed by atoms with van der Waals surface area (Å²) in [4.78, 5) is 6.26. The molecule has 0 bridgehead atoms. The molecular formula is C10H13N3O. The lowest BCUT2D eigenvalue weighted by molar-refractivity contribution is 0.587. The van der Waals surface area contributed by atoms with E-state index < -0.39 is 0 Å². The van der Waals surface area contributed by atoms with Crippen molar-refractivity contribution in [2.75, 3.05) is 24.2 Å². The minimum absolute atomic E-state index is 0.633. The predicted octanol–water partition coefficient (Wildman–Crippen LogP) is 1.87. The summed E-state index contributed by atoms with van der Waals surface area (Å²) in [6, 6.07) is 6.09. The normalized spacial score (nSPS) is 10.7. The van der Waals surface area contributed by atoms with E-state index in [0.717, 1.165) is 17.6 Å². The van der Waals surface area contributed by atoms with Gasteiger partial charge >= 0.3 is 0 Å². The average molecular weight is 191 g/mol. The molecule has 2 aromatic rings. The number of nitrogens with two attached hydrogens (primary N) is 1. The third kappa shape index (κ3) is 1.39. The molecule has 0 unspecified atom stereocenters. The van der Waals surface area contributed by atoms with Crippen LogP contribution in [-0.4, -0.2) is 18.6 Å². The molecule has 0 spiro atoms. The second kappa shape index (κ2) is 3.21. The number of aromatic nitrogens is 1. The van der Waals surface area contributed by atoms with Gasteiger partial charge in [0.2, 0.25) is 0 Å². The van der Waals surface area contributed by atoms with E-state index in [0.29, 0.717) is 11.7 Å². The molecule has 2 N–H and O–H groups in total. The number of nitrogen functional groups attached to an aromatic ring is 1. The van der Waals surface area contributed by atoms with Crippen molar-refractivity contribution in [2.24, 2.45) is 0 Å². The van der Waals surface area contributed by atoms with E-state index in [9.17, 15) is 0 Å². The van der Waals surface area contributed by atoms with E-state index in [4.69, 9.17) is 10.2 Å². The quantitative estimate of drug-likeness (QED) is 0.736. The summed E-state index contributed by atoms with van der Waals surface area (Å²) in [6.45, 7) is 2.91. The van der Waals surface area contributed by atoms with Crippen molar-refractivity contribution in [3.63, 3.8) is 0 Å². The SMILES string of the molecule is CCN(C)c1nc2cc(N)ccc2o1. The summed E-state index contributed by atoms with van der Waals surface area (Å²) >= 11 is 0. The van der Waals surface area contributed by atoms with Crippen LogP contribution in [-0.2, 0) is 0 Å². The maximum atomic E-state index is 5.65. The topological polar surface area (TPSA) is 55.3 Å². The molecule has 0 radical (unpaired) electrons. The van der Waals surface area contributed by atoms with Gasteiger partial charge in [-0.1, -0.05) is 0 Å². The van der Waals surface area contributed by atoms with Crippen molar-refractivity contribution in [1.29, 1.82) is 0 Å². The first-order chi connectivity index (χ1) is 6.70. The summed E-state index contributed by atoms with van der Waals surface area (Å²) in [5, 5.41) is 0. The summed E-state index contributed by atoms with van der Waals surface area (Å²) in [5.74, 6) is 0. The molecule has 1 aromatic carbocycles. The molecule has 0 aliphatic carbocycles. The number of oxazole rings is 1. The Balaban J connectivity index is 2.51. The van der Waals surface area contributed by atoms with Gasteiger partial charge in [-0.05, 0) is 25.1 Å². The van der Waals surface area contributed by atoms with Crippen LogP contribution < -0.4 is 10.6 Å². The van der Waals surface area contributed by atoms with Gasteiger partial charge in [0, 0.05) is 19.3 Å². The molecule has 4 nitrogen and oxygen atoms in total. The van der Waals surface area contributed by atoms with Crippen LogP contribution in [0.15, 0.2) is 22.6 Å². The Labute approximate surface area is 82.3 Å². The molecule has 0 atom stereocenters.